The lowest BCUT2D eigenvalue weighted by atomic mass is 10.0. The Balaban J connectivity index is 2.21. The largest absolute Gasteiger partial charge is 0.497 e. The van der Waals surface area contributed by atoms with Gasteiger partial charge in [0.2, 0.25) is 15.7 Å². The summed E-state index contributed by atoms with van der Waals surface area (Å²) in [6.07, 6.45) is 0.977. The molecule has 0 saturated carbocycles. The minimum atomic E-state index is -3.60. The number of rotatable bonds is 6. The van der Waals surface area contributed by atoms with Gasteiger partial charge in [-0.05, 0) is 30.2 Å². The number of nitrogens with one attached hydrogen (secondary N) is 1. The molecule has 0 aliphatic rings. The van der Waals surface area contributed by atoms with Gasteiger partial charge in [0.1, 0.15) is 11.8 Å². The van der Waals surface area contributed by atoms with E-state index >= 15 is 0 Å². The third-order valence-electron chi connectivity index (χ3n) is 3.31. The predicted octanol–water partition coefficient (Wildman–Crippen LogP) is 1.61. The van der Waals surface area contributed by atoms with E-state index in [2.05, 4.69) is 15.5 Å². The summed E-state index contributed by atoms with van der Waals surface area (Å²) >= 11 is 0. The van der Waals surface area contributed by atoms with Crippen molar-refractivity contribution in [1.29, 1.82) is 0 Å². The first kappa shape index (κ1) is 17.9. The Labute approximate surface area is 140 Å². The van der Waals surface area contributed by atoms with Gasteiger partial charge in [0.15, 0.2) is 0 Å². The summed E-state index contributed by atoms with van der Waals surface area (Å²) in [4.78, 5) is 12.4. The van der Waals surface area contributed by atoms with Gasteiger partial charge in [-0.25, -0.2) is 8.42 Å². The van der Waals surface area contributed by atoms with Gasteiger partial charge in [0.05, 0.1) is 7.11 Å². The zero-order valence-corrected chi connectivity index (χ0v) is 14.6. The maximum Gasteiger partial charge on any atom is 0.335 e. The summed E-state index contributed by atoms with van der Waals surface area (Å²) in [5.74, 6) is 0.268. The first-order valence-electron chi connectivity index (χ1n) is 7.20. The maximum atomic E-state index is 12.4. The van der Waals surface area contributed by atoms with Gasteiger partial charge < -0.3 is 14.5 Å². The van der Waals surface area contributed by atoms with Crippen LogP contribution in [0.1, 0.15) is 36.1 Å². The van der Waals surface area contributed by atoms with Crippen molar-refractivity contribution in [1.82, 2.24) is 15.5 Å². The van der Waals surface area contributed by atoms with Gasteiger partial charge in [-0.2, -0.15) is 0 Å². The molecule has 1 heterocycles. The molecule has 0 bridgehead atoms. The average molecular weight is 353 g/mol. The molecular formula is C15H19N3O5S. The summed E-state index contributed by atoms with van der Waals surface area (Å²) < 4.78 is 33.1. The van der Waals surface area contributed by atoms with E-state index in [1.54, 1.807) is 31.4 Å². The SMILES string of the molecule is COc1ccc(C(=O)N[C@H](c2nnc(S(C)(=O)=O)o2)C(C)C)cc1. The Bertz CT molecular complexity index is 812. The Morgan fingerprint density at radius 3 is 2.29 bits per heavy atom. The van der Waals surface area contributed by atoms with E-state index in [0.717, 1.165) is 6.26 Å². The molecular weight excluding hydrogens is 334 g/mol. The number of ether oxygens (including phenoxy) is 1. The molecule has 8 nitrogen and oxygen atoms in total. The van der Waals surface area contributed by atoms with Crippen molar-refractivity contribution in [2.24, 2.45) is 5.92 Å². The molecule has 0 fully saturated rings. The predicted molar refractivity (Wildman–Crippen MR) is 85.4 cm³/mol. The highest BCUT2D eigenvalue weighted by molar-refractivity contribution is 7.90. The molecule has 1 aromatic carbocycles. The Morgan fingerprint density at radius 1 is 1.21 bits per heavy atom. The van der Waals surface area contributed by atoms with Crippen molar-refractivity contribution in [2.75, 3.05) is 13.4 Å². The fourth-order valence-electron chi connectivity index (χ4n) is 1.98. The zero-order valence-electron chi connectivity index (χ0n) is 13.8. The molecule has 1 amide bonds. The summed E-state index contributed by atoms with van der Waals surface area (Å²) in [6.45, 7) is 3.70. The second kappa shape index (κ2) is 7.00. The molecule has 1 N–H and O–H groups in total. The maximum absolute atomic E-state index is 12.4. The molecule has 130 valence electrons. The number of aromatic nitrogens is 2. The molecule has 2 aromatic rings. The highest BCUT2D eigenvalue weighted by Crippen LogP contribution is 2.22. The van der Waals surface area contributed by atoms with E-state index in [9.17, 15) is 13.2 Å². The van der Waals surface area contributed by atoms with E-state index in [1.807, 2.05) is 13.8 Å². The van der Waals surface area contributed by atoms with Crippen LogP contribution in [-0.2, 0) is 9.84 Å². The summed E-state index contributed by atoms with van der Waals surface area (Å²) in [7, 11) is -2.06. The van der Waals surface area contributed by atoms with Crippen LogP contribution in [-0.4, -0.2) is 37.9 Å². The number of sulfone groups is 1. The van der Waals surface area contributed by atoms with Crippen LogP contribution in [0.3, 0.4) is 0 Å². The van der Waals surface area contributed by atoms with E-state index in [1.165, 1.54) is 0 Å². The lowest BCUT2D eigenvalue weighted by Gasteiger charge is -2.18. The number of nitrogens with zero attached hydrogens (tertiary/aromatic N) is 2. The molecule has 1 atom stereocenters. The summed E-state index contributed by atoms with van der Waals surface area (Å²) in [6, 6.07) is 5.99. The van der Waals surface area contributed by atoms with Gasteiger partial charge in [-0.15, -0.1) is 5.10 Å². The number of hydrogen-bond acceptors (Lipinski definition) is 7. The van der Waals surface area contributed by atoms with Crippen LogP contribution in [0.5, 0.6) is 5.75 Å². The Hall–Kier alpha value is -2.42. The average Bonchev–Trinajstić information content (AvgIpc) is 3.02. The molecule has 0 spiro atoms. The monoisotopic (exact) mass is 353 g/mol. The molecule has 0 radical (unpaired) electrons. The molecule has 1 aromatic heterocycles. The second-order valence-corrected chi connectivity index (χ2v) is 7.50. The minimum absolute atomic E-state index is 0.0484. The second-order valence-electron chi connectivity index (χ2n) is 5.60. The number of hydrogen-bond donors (Lipinski definition) is 1. The highest BCUT2D eigenvalue weighted by atomic mass is 32.2. The topological polar surface area (TPSA) is 111 Å². The minimum Gasteiger partial charge on any atom is -0.497 e. The number of amides is 1. The molecule has 24 heavy (non-hydrogen) atoms. The lowest BCUT2D eigenvalue weighted by molar-refractivity contribution is 0.0915. The Morgan fingerprint density at radius 2 is 1.83 bits per heavy atom. The Kier molecular flexibility index (Phi) is 5.23. The quantitative estimate of drug-likeness (QED) is 0.839. The molecule has 9 heteroatoms. The van der Waals surface area contributed by atoms with Crippen molar-refractivity contribution >= 4 is 15.7 Å². The molecule has 2 rings (SSSR count). The first-order chi connectivity index (χ1) is 11.2. The van der Waals surface area contributed by atoms with E-state index in [-0.39, 0.29) is 17.7 Å². The normalized spacial score (nSPS) is 12.9. The number of carbonyl (C=O) groups excluding carboxylic acids is 1. The van der Waals surface area contributed by atoms with Crippen LogP contribution in [0.25, 0.3) is 0 Å². The fraction of sp³-hybridized carbons (Fsp3) is 0.400. The van der Waals surface area contributed by atoms with Crippen LogP contribution in [0.4, 0.5) is 0 Å². The highest BCUT2D eigenvalue weighted by Gasteiger charge is 2.27. The van der Waals surface area contributed by atoms with Crippen LogP contribution >= 0.6 is 0 Å². The molecule has 0 unspecified atom stereocenters. The van der Waals surface area contributed by atoms with Crippen molar-refractivity contribution < 1.29 is 22.4 Å². The van der Waals surface area contributed by atoms with Gasteiger partial charge in [0.25, 0.3) is 5.91 Å². The zero-order chi connectivity index (χ0) is 17.9. The number of methoxy groups -OCH3 is 1. The summed E-state index contributed by atoms with van der Waals surface area (Å²) in [5.41, 5.74) is 0.435. The van der Waals surface area contributed by atoms with Crippen LogP contribution in [0.2, 0.25) is 0 Å². The molecule has 0 aliphatic heterocycles. The van der Waals surface area contributed by atoms with E-state index in [0.29, 0.717) is 11.3 Å². The molecule has 0 saturated heterocycles. The smallest absolute Gasteiger partial charge is 0.335 e. The van der Waals surface area contributed by atoms with Crippen molar-refractivity contribution in [2.45, 2.75) is 25.1 Å². The first-order valence-corrected chi connectivity index (χ1v) is 9.10. The van der Waals surface area contributed by atoms with Gasteiger partial charge >= 0.3 is 5.22 Å². The lowest BCUT2D eigenvalue weighted by Crippen LogP contribution is -2.32. The van der Waals surface area contributed by atoms with Gasteiger partial charge in [-0.3, -0.25) is 4.79 Å². The van der Waals surface area contributed by atoms with E-state index in [4.69, 9.17) is 9.15 Å². The van der Waals surface area contributed by atoms with Gasteiger partial charge in [0, 0.05) is 11.8 Å². The third kappa shape index (κ3) is 4.10. The number of carbonyl (C=O) groups is 1. The van der Waals surface area contributed by atoms with Crippen molar-refractivity contribution in [3.8, 4) is 5.75 Å². The van der Waals surface area contributed by atoms with Gasteiger partial charge in [-0.1, -0.05) is 18.9 Å². The van der Waals surface area contributed by atoms with Crippen molar-refractivity contribution in [3.63, 3.8) is 0 Å². The standard InChI is InChI=1S/C15H19N3O5S/c1-9(2)12(14-17-18-15(23-14)24(4,20)21)16-13(19)10-5-7-11(22-3)8-6-10/h5-9,12H,1-4H3,(H,16,19)/t12-/m0/s1. The van der Waals surface area contributed by atoms with Crippen LogP contribution in [0, 0.1) is 5.92 Å². The van der Waals surface area contributed by atoms with E-state index < -0.39 is 21.1 Å². The summed E-state index contributed by atoms with van der Waals surface area (Å²) in [5, 5.41) is 9.58. The van der Waals surface area contributed by atoms with Crippen LogP contribution < -0.4 is 10.1 Å². The third-order valence-corrected chi connectivity index (χ3v) is 4.11. The molecule has 0 aliphatic carbocycles. The van der Waals surface area contributed by atoms with Crippen LogP contribution in [0.15, 0.2) is 33.9 Å². The fourth-order valence-corrected chi connectivity index (χ4v) is 2.40. The number of benzene rings is 1. The van der Waals surface area contributed by atoms with Crippen molar-refractivity contribution in [3.05, 3.63) is 35.7 Å².